The molecule has 25 heavy (non-hydrogen) atoms. The van der Waals surface area contributed by atoms with E-state index in [-0.39, 0.29) is 24.8 Å². The van der Waals surface area contributed by atoms with Crippen LogP contribution in [0.5, 0.6) is 0 Å². The second-order valence-corrected chi connectivity index (χ2v) is 7.75. The molecule has 4 nitrogen and oxygen atoms in total. The number of carbonyl (C=O) groups excluding carboxylic acids is 1. The fourth-order valence-corrected chi connectivity index (χ4v) is 4.28. The van der Waals surface area contributed by atoms with E-state index in [1.54, 1.807) is 0 Å². The number of amides is 1. The number of carbonyl (C=O) groups is 1. The van der Waals surface area contributed by atoms with Gasteiger partial charge in [0.1, 0.15) is 0 Å². The Kier molecular flexibility index (Phi) is 10.0. The molecule has 2 aliphatic heterocycles. The van der Waals surface area contributed by atoms with Crippen molar-refractivity contribution in [2.45, 2.75) is 38.3 Å². The first-order chi connectivity index (χ1) is 11.2. The quantitative estimate of drug-likeness (QED) is 0.805. The van der Waals surface area contributed by atoms with Gasteiger partial charge >= 0.3 is 0 Å². The smallest absolute Gasteiger partial charge is 0.224 e. The van der Waals surface area contributed by atoms with Gasteiger partial charge in [-0.15, -0.1) is 24.8 Å². The van der Waals surface area contributed by atoms with Crippen molar-refractivity contribution in [3.05, 3.63) is 29.8 Å². The Labute approximate surface area is 167 Å². The molecule has 1 unspecified atom stereocenters. The lowest BCUT2D eigenvalue weighted by molar-refractivity contribution is -0.132. The summed E-state index contributed by atoms with van der Waals surface area (Å²) in [7, 11) is 0. The first-order valence-electron chi connectivity index (χ1n) is 8.63. The standard InChI is InChI=1S/C18H27N3OS.2ClH/c1-14-3-2-4-16(11-14)20-15-5-8-21(9-6-15)18(22)12-17-13-23-10-7-19-17;;/h2-4,11,15,17,19-20H,5-10,12-13H2,1H3;2*1H. The Hall–Kier alpha value is -0.620. The van der Waals surface area contributed by atoms with Crippen LogP contribution in [0, 0.1) is 6.92 Å². The number of nitrogens with zero attached hydrogens (tertiary/aromatic N) is 1. The van der Waals surface area contributed by atoms with Gasteiger partial charge in [-0.05, 0) is 37.5 Å². The predicted molar refractivity (Wildman–Crippen MR) is 113 cm³/mol. The Balaban J connectivity index is 0.00000156. The third-order valence-corrected chi connectivity index (χ3v) is 5.79. The second kappa shape index (κ2) is 11.2. The number of hydrogen-bond donors (Lipinski definition) is 2. The van der Waals surface area contributed by atoms with Gasteiger partial charge in [0.05, 0.1) is 0 Å². The molecule has 2 N–H and O–H groups in total. The van der Waals surface area contributed by atoms with E-state index in [1.807, 2.05) is 11.8 Å². The van der Waals surface area contributed by atoms with E-state index >= 15 is 0 Å². The molecule has 1 aromatic carbocycles. The molecule has 2 saturated heterocycles. The zero-order valence-electron chi connectivity index (χ0n) is 14.7. The molecule has 1 aromatic rings. The summed E-state index contributed by atoms with van der Waals surface area (Å²) in [5.41, 5.74) is 2.47. The van der Waals surface area contributed by atoms with Crippen LogP contribution >= 0.6 is 36.6 Å². The van der Waals surface area contributed by atoms with Crippen molar-refractivity contribution in [2.24, 2.45) is 0 Å². The fourth-order valence-electron chi connectivity index (χ4n) is 3.33. The minimum absolute atomic E-state index is 0. The summed E-state index contributed by atoms with van der Waals surface area (Å²) in [5.74, 6) is 2.55. The Morgan fingerprint density at radius 2 is 2.08 bits per heavy atom. The van der Waals surface area contributed by atoms with Crippen LogP contribution in [0.3, 0.4) is 0 Å². The average molecular weight is 406 g/mol. The SMILES string of the molecule is Cc1cccc(NC2CCN(C(=O)CC3CSCCN3)CC2)c1.Cl.Cl. The maximum atomic E-state index is 12.4. The third kappa shape index (κ3) is 6.89. The Bertz CT molecular complexity index is 533. The summed E-state index contributed by atoms with van der Waals surface area (Å²) >= 11 is 1.95. The third-order valence-electron chi connectivity index (χ3n) is 4.66. The van der Waals surface area contributed by atoms with Gasteiger partial charge in [0.15, 0.2) is 0 Å². The van der Waals surface area contributed by atoms with Gasteiger partial charge in [-0.3, -0.25) is 4.79 Å². The zero-order chi connectivity index (χ0) is 16.1. The van der Waals surface area contributed by atoms with Gasteiger partial charge in [0.25, 0.3) is 0 Å². The molecule has 2 fully saturated rings. The lowest BCUT2D eigenvalue weighted by atomic mass is 10.0. The van der Waals surface area contributed by atoms with Crippen LogP contribution in [0.2, 0.25) is 0 Å². The van der Waals surface area contributed by atoms with E-state index in [0.29, 0.717) is 24.4 Å². The molecule has 142 valence electrons. The van der Waals surface area contributed by atoms with Crippen molar-refractivity contribution in [3.8, 4) is 0 Å². The molecule has 0 aliphatic carbocycles. The highest BCUT2D eigenvalue weighted by molar-refractivity contribution is 7.99. The molecule has 0 saturated carbocycles. The van der Waals surface area contributed by atoms with Gasteiger partial charge in [-0.25, -0.2) is 0 Å². The highest BCUT2D eigenvalue weighted by Gasteiger charge is 2.25. The summed E-state index contributed by atoms with van der Waals surface area (Å²) in [4.78, 5) is 14.5. The highest BCUT2D eigenvalue weighted by atomic mass is 35.5. The number of thioether (sulfide) groups is 1. The number of anilines is 1. The van der Waals surface area contributed by atoms with Gasteiger partial charge in [0.2, 0.25) is 5.91 Å². The second-order valence-electron chi connectivity index (χ2n) is 6.60. The van der Waals surface area contributed by atoms with E-state index < -0.39 is 0 Å². The average Bonchev–Trinajstić information content (AvgIpc) is 2.56. The molecule has 1 amide bonds. The van der Waals surface area contributed by atoms with E-state index in [9.17, 15) is 4.79 Å². The summed E-state index contributed by atoms with van der Waals surface area (Å²) in [6.45, 7) is 4.90. The number of aryl methyl sites for hydroxylation is 1. The molecule has 0 aromatic heterocycles. The number of piperidine rings is 1. The Morgan fingerprint density at radius 3 is 2.72 bits per heavy atom. The van der Waals surface area contributed by atoms with Crippen LogP contribution in [0.15, 0.2) is 24.3 Å². The number of rotatable bonds is 4. The predicted octanol–water partition coefficient (Wildman–Crippen LogP) is 3.34. The first-order valence-corrected chi connectivity index (χ1v) is 9.78. The maximum Gasteiger partial charge on any atom is 0.224 e. The van der Waals surface area contributed by atoms with E-state index in [0.717, 1.165) is 38.2 Å². The van der Waals surface area contributed by atoms with Crippen LogP contribution in [-0.2, 0) is 4.79 Å². The van der Waals surface area contributed by atoms with Crippen LogP contribution in [0.1, 0.15) is 24.8 Å². The van der Waals surface area contributed by atoms with E-state index in [4.69, 9.17) is 0 Å². The van der Waals surface area contributed by atoms with E-state index in [1.165, 1.54) is 17.0 Å². The van der Waals surface area contributed by atoms with Gasteiger partial charge in [-0.2, -0.15) is 11.8 Å². The van der Waals surface area contributed by atoms with Gasteiger partial charge < -0.3 is 15.5 Å². The zero-order valence-corrected chi connectivity index (χ0v) is 17.2. The van der Waals surface area contributed by atoms with E-state index in [2.05, 4.69) is 46.7 Å². The van der Waals surface area contributed by atoms with Crippen molar-refractivity contribution in [1.29, 1.82) is 0 Å². The summed E-state index contributed by atoms with van der Waals surface area (Å²) in [5, 5.41) is 7.06. The lowest BCUT2D eigenvalue weighted by Gasteiger charge is -2.34. The molecule has 2 heterocycles. The van der Waals surface area contributed by atoms with Gasteiger partial charge in [0, 0.05) is 55.3 Å². The number of likely N-dealkylation sites (tertiary alicyclic amines) is 1. The van der Waals surface area contributed by atoms with Crippen LogP contribution in [-0.4, -0.2) is 54.0 Å². The van der Waals surface area contributed by atoms with Crippen molar-refractivity contribution < 1.29 is 4.79 Å². The van der Waals surface area contributed by atoms with Crippen molar-refractivity contribution in [3.63, 3.8) is 0 Å². The summed E-state index contributed by atoms with van der Waals surface area (Å²) in [6, 6.07) is 9.35. The molecule has 0 radical (unpaired) electrons. The monoisotopic (exact) mass is 405 g/mol. The molecule has 3 rings (SSSR count). The number of halogens is 2. The van der Waals surface area contributed by atoms with Crippen molar-refractivity contribution in [2.75, 3.05) is 36.5 Å². The Morgan fingerprint density at radius 1 is 1.32 bits per heavy atom. The molecular weight excluding hydrogens is 377 g/mol. The largest absolute Gasteiger partial charge is 0.382 e. The fraction of sp³-hybridized carbons (Fsp3) is 0.611. The minimum atomic E-state index is 0. The minimum Gasteiger partial charge on any atom is -0.382 e. The summed E-state index contributed by atoms with van der Waals surface area (Å²) < 4.78 is 0. The first kappa shape index (κ1) is 22.4. The van der Waals surface area contributed by atoms with Crippen LogP contribution in [0.4, 0.5) is 5.69 Å². The molecule has 0 spiro atoms. The highest BCUT2D eigenvalue weighted by Crippen LogP contribution is 2.19. The number of hydrogen-bond acceptors (Lipinski definition) is 4. The summed E-state index contributed by atoms with van der Waals surface area (Å²) in [6.07, 6.45) is 2.72. The topological polar surface area (TPSA) is 44.4 Å². The van der Waals surface area contributed by atoms with Crippen LogP contribution < -0.4 is 10.6 Å². The number of benzene rings is 1. The molecular formula is C18H29Cl2N3OS. The lowest BCUT2D eigenvalue weighted by Crippen LogP contribution is -2.46. The number of nitrogens with one attached hydrogen (secondary N) is 2. The van der Waals surface area contributed by atoms with Crippen molar-refractivity contribution in [1.82, 2.24) is 10.2 Å². The molecule has 1 atom stereocenters. The molecule has 2 aliphatic rings. The molecule has 0 bridgehead atoms. The molecule has 7 heteroatoms. The van der Waals surface area contributed by atoms with Crippen molar-refractivity contribution >= 4 is 48.2 Å². The maximum absolute atomic E-state index is 12.4. The van der Waals surface area contributed by atoms with Crippen LogP contribution in [0.25, 0.3) is 0 Å². The van der Waals surface area contributed by atoms with Gasteiger partial charge in [-0.1, -0.05) is 12.1 Å². The normalized spacial score (nSPS) is 21.0.